The Balaban J connectivity index is 2.38. The molecular weight excluding hydrogens is 254 g/mol. The van der Waals surface area contributed by atoms with E-state index in [1.165, 1.54) is 0 Å². The molecule has 0 heterocycles. The van der Waals surface area contributed by atoms with Gasteiger partial charge in [0.05, 0.1) is 5.75 Å². The Kier molecular flexibility index (Phi) is 5.86. The summed E-state index contributed by atoms with van der Waals surface area (Å²) in [6, 6.07) is 7.99. The van der Waals surface area contributed by atoms with Gasteiger partial charge in [-0.25, -0.2) is 0 Å². The van der Waals surface area contributed by atoms with Gasteiger partial charge in [-0.3, -0.25) is 4.79 Å². The second kappa shape index (κ2) is 6.92. The molecule has 0 saturated heterocycles. The van der Waals surface area contributed by atoms with Crippen molar-refractivity contribution in [2.75, 3.05) is 12.8 Å². The Hall–Kier alpha value is -0.670. The SMILES string of the molecule is CC(C)N(C)C(=O)CSCc1ccccc1Cl. The van der Waals surface area contributed by atoms with Gasteiger partial charge in [0.1, 0.15) is 0 Å². The van der Waals surface area contributed by atoms with Crippen molar-refractivity contribution in [1.29, 1.82) is 0 Å². The summed E-state index contributed by atoms with van der Waals surface area (Å²) in [5, 5.41) is 0.768. The zero-order valence-corrected chi connectivity index (χ0v) is 12.0. The third kappa shape index (κ3) is 4.60. The smallest absolute Gasteiger partial charge is 0.232 e. The Morgan fingerprint density at radius 1 is 1.41 bits per heavy atom. The molecule has 0 unspecified atom stereocenters. The van der Waals surface area contributed by atoms with Gasteiger partial charge >= 0.3 is 0 Å². The molecule has 17 heavy (non-hydrogen) atoms. The normalized spacial score (nSPS) is 10.6. The molecule has 2 nitrogen and oxygen atoms in total. The standard InChI is InChI=1S/C13H18ClNOS/c1-10(2)15(3)13(16)9-17-8-11-6-4-5-7-12(11)14/h4-7,10H,8-9H2,1-3H3. The third-order valence-corrected chi connectivity index (χ3v) is 3.94. The van der Waals surface area contributed by atoms with E-state index in [0.29, 0.717) is 5.75 Å². The van der Waals surface area contributed by atoms with Gasteiger partial charge < -0.3 is 4.90 Å². The molecule has 94 valence electrons. The molecule has 0 spiro atoms. The molecule has 1 aromatic rings. The number of amides is 1. The van der Waals surface area contributed by atoms with Crippen molar-refractivity contribution in [1.82, 2.24) is 4.90 Å². The van der Waals surface area contributed by atoms with E-state index in [9.17, 15) is 4.79 Å². The zero-order valence-electron chi connectivity index (χ0n) is 10.4. The van der Waals surface area contributed by atoms with Crippen molar-refractivity contribution in [3.63, 3.8) is 0 Å². The van der Waals surface area contributed by atoms with Crippen LogP contribution in [0.1, 0.15) is 19.4 Å². The van der Waals surface area contributed by atoms with Gasteiger partial charge in [-0.1, -0.05) is 29.8 Å². The van der Waals surface area contributed by atoms with Crippen LogP contribution in [0.15, 0.2) is 24.3 Å². The number of halogens is 1. The number of hydrogen-bond acceptors (Lipinski definition) is 2. The summed E-state index contributed by atoms with van der Waals surface area (Å²) >= 11 is 7.64. The highest BCUT2D eigenvalue weighted by Gasteiger charge is 2.11. The summed E-state index contributed by atoms with van der Waals surface area (Å²) < 4.78 is 0. The minimum atomic E-state index is 0.164. The van der Waals surface area contributed by atoms with Crippen LogP contribution >= 0.6 is 23.4 Å². The molecule has 0 aliphatic carbocycles. The first-order valence-electron chi connectivity index (χ1n) is 5.59. The highest BCUT2D eigenvalue weighted by molar-refractivity contribution is 7.99. The summed E-state index contributed by atoms with van der Waals surface area (Å²) in [6.45, 7) is 4.02. The predicted molar refractivity (Wildman–Crippen MR) is 75.5 cm³/mol. The second-order valence-corrected chi connectivity index (χ2v) is 5.58. The van der Waals surface area contributed by atoms with E-state index in [1.807, 2.05) is 45.2 Å². The van der Waals surface area contributed by atoms with Crippen LogP contribution in [0.4, 0.5) is 0 Å². The Morgan fingerprint density at radius 2 is 2.06 bits per heavy atom. The predicted octanol–water partition coefficient (Wildman–Crippen LogP) is 3.44. The van der Waals surface area contributed by atoms with Gasteiger partial charge in [-0.2, -0.15) is 0 Å². The van der Waals surface area contributed by atoms with Crippen molar-refractivity contribution in [3.8, 4) is 0 Å². The fraction of sp³-hybridized carbons (Fsp3) is 0.462. The van der Waals surface area contributed by atoms with Crippen molar-refractivity contribution < 1.29 is 4.79 Å². The molecule has 0 aliphatic rings. The van der Waals surface area contributed by atoms with Gasteiger partial charge in [0.2, 0.25) is 5.91 Å². The number of thioether (sulfide) groups is 1. The first kappa shape index (κ1) is 14.4. The number of benzene rings is 1. The van der Waals surface area contributed by atoms with Crippen molar-refractivity contribution >= 4 is 29.3 Å². The highest BCUT2D eigenvalue weighted by atomic mass is 35.5. The number of carbonyl (C=O) groups is 1. The van der Waals surface area contributed by atoms with Crippen molar-refractivity contribution in [2.24, 2.45) is 0 Å². The molecule has 0 saturated carbocycles. The quantitative estimate of drug-likeness (QED) is 0.818. The molecule has 0 aromatic heterocycles. The number of carbonyl (C=O) groups excluding carboxylic acids is 1. The Labute approximate surface area is 112 Å². The maximum absolute atomic E-state index is 11.7. The van der Waals surface area contributed by atoms with Crippen LogP contribution in [-0.4, -0.2) is 29.6 Å². The van der Waals surface area contributed by atoms with Crippen LogP contribution in [0.5, 0.6) is 0 Å². The topological polar surface area (TPSA) is 20.3 Å². The molecule has 0 N–H and O–H groups in total. The number of nitrogens with zero attached hydrogens (tertiary/aromatic N) is 1. The van der Waals surface area contributed by atoms with E-state index in [-0.39, 0.29) is 11.9 Å². The average molecular weight is 272 g/mol. The maximum atomic E-state index is 11.7. The lowest BCUT2D eigenvalue weighted by molar-refractivity contribution is -0.128. The molecule has 0 atom stereocenters. The van der Waals surface area contributed by atoms with Crippen molar-refractivity contribution in [2.45, 2.75) is 25.6 Å². The van der Waals surface area contributed by atoms with Gasteiger partial charge in [0.25, 0.3) is 0 Å². The fourth-order valence-corrected chi connectivity index (χ4v) is 2.49. The third-order valence-electron chi connectivity index (χ3n) is 2.61. The van der Waals surface area contributed by atoms with E-state index >= 15 is 0 Å². The summed E-state index contributed by atoms with van der Waals surface area (Å²) in [5.74, 6) is 1.44. The van der Waals surface area contributed by atoms with E-state index < -0.39 is 0 Å². The molecule has 0 radical (unpaired) electrons. The fourth-order valence-electron chi connectivity index (χ4n) is 1.25. The van der Waals surface area contributed by atoms with Crippen LogP contribution < -0.4 is 0 Å². The lowest BCUT2D eigenvalue weighted by Gasteiger charge is -2.21. The summed E-state index contributed by atoms with van der Waals surface area (Å²) in [5.41, 5.74) is 1.08. The van der Waals surface area contributed by atoms with Gasteiger partial charge in [-0.05, 0) is 25.5 Å². The Morgan fingerprint density at radius 3 is 2.65 bits per heavy atom. The van der Waals surface area contributed by atoms with Crippen molar-refractivity contribution in [3.05, 3.63) is 34.9 Å². The van der Waals surface area contributed by atoms with Gasteiger partial charge in [-0.15, -0.1) is 11.8 Å². The average Bonchev–Trinajstić information content (AvgIpc) is 2.30. The van der Waals surface area contributed by atoms with Crippen LogP contribution in [0.2, 0.25) is 5.02 Å². The Bertz CT molecular complexity index is 381. The molecule has 0 fully saturated rings. The first-order valence-corrected chi connectivity index (χ1v) is 7.12. The maximum Gasteiger partial charge on any atom is 0.232 e. The van der Waals surface area contributed by atoms with Gasteiger partial charge in [0, 0.05) is 23.9 Å². The molecule has 0 aliphatic heterocycles. The molecular formula is C13H18ClNOS. The van der Waals surface area contributed by atoms with Crippen LogP contribution in [0, 0.1) is 0 Å². The van der Waals surface area contributed by atoms with Crippen LogP contribution in [0.25, 0.3) is 0 Å². The number of hydrogen-bond donors (Lipinski definition) is 0. The molecule has 4 heteroatoms. The van der Waals surface area contributed by atoms with E-state index in [2.05, 4.69) is 0 Å². The lowest BCUT2D eigenvalue weighted by Crippen LogP contribution is -2.34. The van der Waals surface area contributed by atoms with E-state index in [1.54, 1.807) is 16.7 Å². The monoisotopic (exact) mass is 271 g/mol. The second-order valence-electron chi connectivity index (χ2n) is 4.18. The summed E-state index contributed by atoms with van der Waals surface area (Å²) in [4.78, 5) is 13.5. The van der Waals surface area contributed by atoms with E-state index in [4.69, 9.17) is 11.6 Å². The zero-order chi connectivity index (χ0) is 12.8. The lowest BCUT2D eigenvalue weighted by atomic mass is 10.2. The van der Waals surface area contributed by atoms with E-state index in [0.717, 1.165) is 16.3 Å². The molecule has 1 aromatic carbocycles. The molecule has 1 rings (SSSR count). The minimum absolute atomic E-state index is 0.164. The minimum Gasteiger partial charge on any atom is -0.343 e. The molecule has 0 bridgehead atoms. The first-order chi connectivity index (χ1) is 8.02. The molecule has 1 amide bonds. The summed E-state index contributed by atoms with van der Waals surface area (Å²) in [7, 11) is 1.84. The van der Waals surface area contributed by atoms with Gasteiger partial charge in [0.15, 0.2) is 0 Å². The number of rotatable bonds is 5. The largest absolute Gasteiger partial charge is 0.343 e. The van der Waals surface area contributed by atoms with Crippen LogP contribution in [0.3, 0.4) is 0 Å². The summed E-state index contributed by atoms with van der Waals surface area (Å²) in [6.07, 6.45) is 0. The van der Waals surface area contributed by atoms with Crippen LogP contribution in [-0.2, 0) is 10.5 Å². The highest BCUT2D eigenvalue weighted by Crippen LogP contribution is 2.20.